The van der Waals surface area contributed by atoms with Crippen LogP contribution < -0.4 is 0 Å². The molecule has 0 aliphatic carbocycles. The molecule has 0 unspecified atom stereocenters. The van der Waals surface area contributed by atoms with Crippen LogP contribution in [0.5, 0.6) is 0 Å². The Kier molecular flexibility index (Phi) is 3.44. The third-order valence-electron chi connectivity index (χ3n) is 2.68. The smallest absolute Gasteiger partial charge is 0.263 e. The number of likely N-dealkylation sites (tertiary alicyclic amines) is 1. The molecule has 1 aliphatic heterocycles. The molecule has 3 nitrogen and oxygen atoms in total. The second-order valence-corrected chi connectivity index (χ2v) is 6.27. The molecule has 2 heterocycles. The lowest BCUT2D eigenvalue weighted by molar-refractivity contribution is -0.120. The number of aryl methyl sites for hydroxylation is 1. The maximum absolute atomic E-state index is 12.1. The fraction of sp³-hybridized carbons (Fsp3) is 0.455. The van der Waals surface area contributed by atoms with E-state index in [9.17, 15) is 9.59 Å². The van der Waals surface area contributed by atoms with Gasteiger partial charge in [0, 0.05) is 25.9 Å². The Morgan fingerprint density at radius 1 is 1.44 bits per heavy atom. The van der Waals surface area contributed by atoms with Crippen molar-refractivity contribution < 1.29 is 9.59 Å². The van der Waals surface area contributed by atoms with Crippen LogP contribution in [0.25, 0.3) is 0 Å². The minimum Gasteiger partial charge on any atom is -0.337 e. The van der Waals surface area contributed by atoms with Gasteiger partial charge in [0.15, 0.2) is 0 Å². The van der Waals surface area contributed by atoms with Crippen LogP contribution in [0, 0.1) is 6.92 Å². The zero-order chi connectivity index (χ0) is 11.7. The van der Waals surface area contributed by atoms with Crippen molar-refractivity contribution in [3.63, 3.8) is 0 Å². The number of halogens is 1. The van der Waals surface area contributed by atoms with Crippen molar-refractivity contribution >= 4 is 39.0 Å². The number of piperidine rings is 1. The van der Waals surface area contributed by atoms with Crippen molar-refractivity contribution in [2.45, 2.75) is 19.8 Å². The number of nitrogens with zero attached hydrogens (tertiary/aromatic N) is 1. The van der Waals surface area contributed by atoms with Gasteiger partial charge < -0.3 is 4.90 Å². The summed E-state index contributed by atoms with van der Waals surface area (Å²) in [5, 5.41) is 0. The molecular weight excluding hydrogens is 290 g/mol. The molecule has 0 spiro atoms. The van der Waals surface area contributed by atoms with Crippen LogP contribution >= 0.6 is 27.3 Å². The maximum Gasteiger partial charge on any atom is 0.263 e. The molecule has 16 heavy (non-hydrogen) atoms. The van der Waals surface area contributed by atoms with E-state index in [2.05, 4.69) is 15.9 Å². The Morgan fingerprint density at radius 2 is 2.06 bits per heavy atom. The first kappa shape index (κ1) is 11.8. The normalized spacial score (nSPS) is 16.6. The minimum atomic E-state index is 0.0475. The van der Waals surface area contributed by atoms with E-state index < -0.39 is 0 Å². The van der Waals surface area contributed by atoms with Crippen LogP contribution in [0.4, 0.5) is 0 Å². The molecule has 1 amide bonds. The van der Waals surface area contributed by atoms with Gasteiger partial charge in [0.2, 0.25) is 0 Å². The second kappa shape index (κ2) is 4.67. The van der Waals surface area contributed by atoms with Crippen molar-refractivity contribution in [3.8, 4) is 0 Å². The molecule has 0 saturated carbocycles. The number of thiophene rings is 1. The van der Waals surface area contributed by atoms with Crippen molar-refractivity contribution in [2.24, 2.45) is 0 Å². The number of carbonyl (C=O) groups excluding carboxylic acids is 2. The number of ketones is 1. The summed E-state index contributed by atoms with van der Waals surface area (Å²) in [7, 11) is 0. The van der Waals surface area contributed by atoms with Gasteiger partial charge in [-0.3, -0.25) is 9.59 Å². The third kappa shape index (κ3) is 2.35. The first-order valence-electron chi connectivity index (χ1n) is 5.15. The fourth-order valence-corrected chi connectivity index (χ4v) is 3.18. The Balaban J connectivity index is 2.10. The molecule has 1 saturated heterocycles. The number of carbonyl (C=O) groups is 2. The molecule has 0 N–H and O–H groups in total. The van der Waals surface area contributed by atoms with Crippen molar-refractivity contribution in [1.82, 2.24) is 4.90 Å². The summed E-state index contributed by atoms with van der Waals surface area (Å²) < 4.78 is 1.00. The Labute approximate surface area is 107 Å². The van der Waals surface area contributed by atoms with E-state index in [4.69, 9.17) is 0 Å². The van der Waals surface area contributed by atoms with Gasteiger partial charge in [-0.15, -0.1) is 11.3 Å². The number of hydrogen-bond donors (Lipinski definition) is 0. The van der Waals surface area contributed by atoms with Gasteiger partial charge in [0.05, 0.1) is 8.66 Å². The summed E-state index contributed by atoms with van der Waals surface area (Å²) in [6, 6.07) is 1.90. The topological polar surface area (TPSA) is 37.4 Å². The van der Waals surface area contributed by atoms with E-state index in [1.54, 1.807) is 4.90 Å². The van der Waals surface area contributed by atoms with E-state index in [0.717, 1.165) is 14.2 Å². The van der Waals surface area contributed by atoms with Crippen LogP contribution in [0.3, 0.4) is 0 Å². The predicted molar refractivity (Wildman–Crippen MR) is 66.9 cm³/mol. The monoisotopic (exact) mass is 301 g/mol. The van der Waals surface area contributed by atoms with Crippen LogP contribution in [0.1, 0.15) is 28.1 Å². The molecule has 0 atom stereocenters. The largest absolute Gasteiger partial charge is 0.337 e. The first-order valence-corrected chi connectivity index (χ1v) is 6.76. The van der Waals surface area contributed by atoms with Crippen molar-refractivity contribution in [1.29, 1.82) is 0 Å². The van der Waals surface area contributed by atoms with Gasteiger partial charge in [-0.05, 0) is 34.5 Å². The van der Waals surface area contributed by atoms with Crippen LogP contribution in [0.15, 0.2) is 9.85 Å². The Morgan fingerprint density at radius 3 is 2.56 bits per heavy atom. The van der Waals surface area contributed by atoms with E-state index in [1.165, 1.54) is 11.3 Å². The summed E-state index contributed by atoms with van der Waals surface area (Å²) in [5.74, 6) is 0.305. The van der Waals surface area contributed by atoms with E-state index >= 15 is 0 Å². The third-order valence-corrected chi connectivity index (χ3v) is 4.80. The molecule has 1 aromatic rings. The molecule has 1 aromatic heterocycles. The van der Waals surface area contributed by atoms with Crippen LogP contribution in [-0.2, 0) is 4.79 Å². The summed E-state index contributed by atoms with van der Waals surface area (Å²) >= 11 is 4.87. The van der Waals surface area contributed by atoms with Gasteiger partial charge in [-0.2, -0.15) is 0 Å². The lowest BCUT2D eigenvalue weighted by Gasteiger charge is -2.25. The lowest BCUT2D eigenvalue weighted by atomic mass is 10.1. The molecule has 1 aliphatic rings. The predicted octanol–water partition coefficient (Wildman–Crippen LogP) is 2.62. The summed E-state index contributed by atoms with van der Waals surface area (Å²) in [6.45, 7) is 3.09. The number of hydrogen-bond acceptors (Lipinski definition) is 3. The molecule has 86 valence electrons. The van der Waals surface area contributed by atoms with E-state index in [0.29, 0.717) is 25.9 Å². The minimum absolute atomic E-state index is 0.0475. The highest BCUT2D eigenvalue weighted by Gasteiger charge is 2.23. The van der Waals surface area contributed by atoms with E-state index in [-0.39, 0.29) is 11.7 Å². The zero-order valence-electron chi connectivity index (χ0n) is 8.96. The van der Waals surface area contributed by atoms with Gasteiger partial charge in [-0.25, -0.2) is 0 Å². The van der Waals surface area contributed by atoms with Crippen molar-refractivity contribution in [2.75, 3.05) is 13.1 Å². The fourth-order valence-electron chi connectivity index (χ4n) is 1.68. The molecule has 2 rings (SSSR count). The average molecular weight is 302 g/mol. The molecule has 0 radical (unpaired) electrons. The highest BCUT2D eigenvalue weighted by molar-refractivity contribution is 9.11. The quantitative estimate of drug-likeness (QED) is 0.799. The SMILES string of the molecule is Cc1cc(C(=O)N2CCC(=O)CC2)sc1Br. The maximum atomic E-state index is 12.1. The summed E-state index contributed by atoms with van der Waals surface area (Å²) in [4.78, 5) is 25.7. The van der Waals surface area contributed by atoms with Gasteiger partial charge in [0.25, 0.3) is 5.91 Å². The van der Waals surface area contributed by atoms with Crippen LogP contribution in [-0.4, -0.2) is 29.7 Å². The molecule has 0 bridgehead atoms. The highest BCUT2D eigenvalue weighted by Crippen LogP contribution is 2.28. The van der Waals surface area contributed by atoms with Gasteiger partial charge >= 0.3 is 0 Å². The Bertz CT molecular complexity index is 412. The standard InChI is InChI=1S/C11H12BrNO2S/c1-7-6-9(16-10(7)12)11(15)13-4-2-8(14)3-5-13/h6H,2-5H2,1H3. The summed E-state index contributed by atoms with van der Waals surface area (Å²) in [6.07, 6.45) is 0.995. The number of Topliss-reactive ketones (excluding diaryl/α,β-unsaturated/α-hetero) is 1. The zero-order valence-corrected chi connectivity index (χ0v) is 11.4. The molecule has 5 heteroatoms. The number of rotatable bonds is 1. The molecule has 1 fully saturated rings. The lowest BCUT2D eigenvalue weighted by Crippen LogP contribution is -2.38. The van der Waals surface area contributed by atoms with Crippen molar-refractivity contribution in [3.05, 3.63) is 20.3 Å². The van der Waals surface area contributed by atoms with Gasteiger partial charge in [0.1, 0.15) is 5.78 Å². The van der Waals surface area contributed by atoms with Gasteiger partial charge in [-0.1, -0.05) is 0 Å². The highest BCUT2D eigenvalue weighted by atomic mass is 79.9. The Hall–Kier alpha value is -0.680. The summed E-state index contributed by atoms with van der Waals surface area (Å²) in [5.41, 5.74) is 1.08. The second-order valence-electron chi connectivity index (χ2n) is 3.90. The number of amides is 1. The molecule has 0 aromatic carbocycles. The van der Waals surface area contributed by atoms with E-state index in [1.807, 2.05) is 13.0 Å². The van der Waals surface area contributed by atoms with Crippen LogP contribution in [0.2, 0.25) is 0 Å². The average Bonchev–Trinajstić information content (AvgIpc) is 2.59. The molecular formula is C11H12BrNO2S. The first-order chi connectivity index (χ1) is 7.58.